The molecule has 5 nitrogen and oxygen atoms in total. The van der Waals surface area contributed by atoms with Gasteiger partial charge in [0.15, 0.2) is 17.5 Å². The van der Waals surface area contributed by atoms with Crippen molar-refractivity contribution < 1.29 is 0 Å². The monoisotopic (exact) mass is 815 g/mol. The molecule has 0 aliphatic carbocycles. The SMILES string of the molecule is c1ccc(-c2cccc(-n3c4ccccc4c4cccc(-n5c6ccccc6c6ccc(-c7nc(-c8ccc9ccccc9c8)nc(-c8ccc9ccccc9c8)n7)cc65)c43)c2)cc1. The second-order valence-corrected chi connectivity index (χ2v) is 16.5. The highest BCUT2D eigenvalue weighted by molar-refractivity contribution is 6.15. The number of para-hydroxylation sites is 3. The summed E-state index contributed by atoms with van der Waals surface area (Å²) in [5, 5.41) is 9.36. The molecule has 0 aliphatic heterocycles. The third-order valence-electron chi connectivity index (χ3n) is 12.7. The lowest BCUT2D eigenvalue weighted by molar-refractivity contribution is 1.07. The summed E-state index contributed by atoms with van der Waals surface area (Å²) in [6, 6.07) is 80.0. The van der Waals surface area contributed by atoms with Gasteiger partial charge in [-0.25, -0.2) is 15.0 Å². The normalized spacial score (nSPS) is 11.8. The maximum Gasteiger partial charge on any atom is 0.164 e. The third kappa shape index (κ3) is 5.83. The number of hydrogen-bond acceptors (Lipinski definition) is 3. The van der Waals surface area contributed by atoms with Crippen molar-refractivity contribution in [3.8, 4) is 56.7 Å². The summed E-state index contributed by atoms with van der Waals surface area (Å²) in [5.74, 6) is 1.88. The largest absolute Gasteiger partial charge is 0.307 e. The Bertz CT molecular complexity index is 3870. The molecule has 0 saturated heterocycles. The van der Waals surface area contributed by atoms with Crippen LogP contribution >= 0.6 is 0 Å². The van der Waals surface area contributed by atoms with Gasteiger partial charge in [-0.05, 0) is 81.2 Å². The van der Waals surface area contributed by atoms with Crippen LogP contribution in [0.1, 0.15) is 0 Å². The fourth-order valence-corrected chi connectivity index (χ4v) is 9.69. The molecule has 298 valence electrons. The molecule has 0 bridgehead atoms. The minimum Gasteiger partial charge on any atom is -0.307 e. The average molecular weight is 816 g/mol. The number of fused-ring (bicyclic) bond motifs is 8. The first kappa shape index (κ1) is 36.0. The smallest absolute Gasteiger partial charge is 0.164 e. The summed E-state index contributed by atoms with van der Waals surface area (Å²) in [7, 11) is 0. The molecule has 0 fully saturated rings. The predicted molar refractivity (Wildman–Crippen MR) is 265 cm³/mol. The number of nitrogens with zero attached hydrogens (tertiary/aromatic N) is 5. The molecule has 0 atom stereocenters. The molecule has 0 saturated carbocycles. The van der Waals surface area contributed by atoms with Gasteiger partial charge in [-0.3, -0.25) is 0 Å². The van der Waals surface area contributed by atoms with E-state index in [1.54, 1.807) is 0 Å². The van der Waals surface area contributed by atoms with Crippen LogP contribution < -0.4 is 0 Å². The maximum atomic E-state index is 5.26. The van der Waals surface area contributed by atoms with E-state index in [0.29, 0.717) is 17.5 Å². The van der Waals surface area contributed by atoms with E-state index in [1.165, 1.54) is 38.1 Å². The van der Waals surface area contributed by atoms with Crippen LogP contribution in [0.3, 0.4) is 0 Å². The van der Waals surface area contributed by atoms with Gasteiger partial charge in [0.1, 0.15) is 0 Å². The first-order chi connectivity index (χ1) is 31.7. The first-order valence-electron chi connectivity index (χ1n) is 21.7. The summed E-state index contributed by atoms with van der Waals surface area (Å²) in [6.07, 6.45) is 0. The van der Waals surface area contributed by atoms with Gasteiger partial charge in [-0.15, -0.1) is 0 Å². The van der Waals surface area contributed by atoms with Gasteiger partial charge in [0.2, 0.25) is 0 Å². The molecular weight excluding hydrogens is 779 g/mol. The highest BCUT2D eigenvalue weighted by atomic mass is 15.1. The van der Waals surface area contributed by atoms with Crippen LogP contribution in [0.2, 0.25) is 0 Å². The lowest BCUT2D eigenvalue weighted by atomic mass is 10.1. The van der Waals surface area contributed by atoms with Crippen LogP contribution in [-0.4, -0.2) is 24.1 Å². The van der Waals surface area contributed by atoms with Gasteiger partial charge in [0.25, 0.3) is 0 Å². The second kappa shape index (κ2) is 14.5. The maximum absolute atomic E-state index is 5.26. The Balaban J connectivity index is 1.06. The van der Waals surface area contributed by atoms with Crippen LogP contribution in [0.25, 0.3) is 122 Å². The molecule has 0 unspecified atom stereocenters. The molecule has 0 N–H and O–H groups in total. The van der Waals surface area contributed by atoms with Gasteiger partial charge in [-0.1, -0.05) is 176 Å². The summed E-state index contributed by atoms with van der Waals surface area (Å²) in [5.41, 5.74) is 11.8. The molecule has 0 spiro atoms. The summed E-state index contributed by atoms with van der Waals surface area (Å²) < 4.78 is 4.87. The molecule has 0 radical (unpaired) electrons. The summed E-state index contributed by atoms with van der Waals surface area (Å²) in [6.45, 7) is 0. The van der Waals surface area contributed by atoms with E-state index in [1.807, 2.05) is 0 Å². The Morgan fingerprint density at radius 3 is 1.42 bits per heavy atom. The third-order valence-corrected chi connectivity index (χ3v) is 12.7. The number of hydrogen-bond donors (Lipinski definition) is 0. The molecule has 5 heteroatoms. The van der Waals surface area contributed by atoms with Crippen molar-refractivity contribution in [3.63, 3.8) is 0 Å². The predicted octanol–water partition coefficient (Wildman–Crippen LogP) is 15.0. The average Bonchev–Trinajstić information content (AvgIpc) is 3.89. The molecule has 13 rings (SSSR count). The van der Waals surface area contributed by atoms with Gasteiger partial charge < -0.3 is 9.13 Å². The quantitative estimate of drug-likeness (QED) is 0.168. The van der Waals surface area contributed by atoms with Crippen molar-refractivity contribution >= 4 is 65.2 Å². The lowest BCUT2D eigenvalue weighted by Crippen LogP contribution is -2.02. The standard InChI is InChI=1S/C59H37N5/c1-2-14-38(15-3-1)43-20-12-21-47(36-43)63-52-25-10-9-23-49(52)51-24-13-27-54(56(51)63)64-53-26-11-8-22-48(53)50-33-32-46(37-55(50)64)59-61-57(44-30-28-39-16-4-6-18-41(39)34-44)60-58(62-59)45-31-29-40-17-5-7-19-42(40)35-45/h1-37H. The van der Waals surface area contributed by atoms with Crippen LogP contribution in [-0.2, 0) is 0 Å². The minimum absolute atomic E-state index is 0.616. The van der Waals surface area contributed by atoms with Gasteiger partial charge in [0.05, 0.1) is 27.8 Å². The van der Waals surface area contributed by atoms with Crippen molar-refractivity contribution in [1.29, 1.82) is 0 Å². The van der Waals surface area contributed by atoms with E-state index in [9.17, 15) is 0 Å². The fraction of sp³-hybridized carbons (Fsp3) is 0. The summed E-state index contributed by atoms with van der Waals surface area (Å²) >= 11 is 0. The Kier molecular flexibility index (Phi) is 8.15. The van der Waals surface area contributed by atoms with Crippen LogP contribution in [0.15, 0.2) is 224 Å². The van der Waals surface area contributed by atoms with Crippen LogP contribution in [0, 0.1) is 0 Å². The topological polar surface area (TPSA) is 48.5 Å². The van der Waals surface area contributed by atoms with E-state index in [-0.39, 0.29) is 0 Å². The van der Waals surface area contributed by atoms with Crippen molar-refractivity contribution in [2.24, 2.45) is 0 Å². The van der Waals surface area contributed by atoms with Crippen molar-refractivity contribution in [2.45, 2.75) is 0 Å². The fourth-order valence-electron chi connectivity index (χ4n) is 9.69. The Morgan fingerprint density at radius 1 is 0.266 bits per heavy atom. The molecular formula is C59H37N5. The molecule has 64 heavy (non-hydrogen) atoms. The lowest BCUT2D eigenvalue weighted by Gasteiger charge is -2.15. The molecule has 3 aromatic heterocycles. The summed E-state index contributed by atoms with van der Waals surface area (Å²) in [4.78, 5) is 15.7. The number of rotatable bonds is 6. The molecule has 0 amide bonds. The number of benzene rings is 10. The van der Waals surface area contributed by atoms with Gasteiger partial charge in [0, 0.05) is 43.9 Å². The van der Waals surface area contributed by atoms with Gasteiger partial charge in [-0.2, -0.15) is 0 Å². The van der Waals surface area contributed by atoms with Crippen molar-refractivity contribution in [2.75, 3.05) is 0 Å². The van der Waals surface area contributed by atoms with Gasteiger partial charge >= 0.3 is 0 Å². The van der Waals surface area contributed by atoms with E-state index in [2.05, 4.69) is 234 Å². The van der Waals surface area contributed by atoms with Crippen molar-refractivity contribution in [1.82, 2.24) is 24.1 Å². The highest BCUT2D eigenvalue weighted by Crippen LogP contribution is 2.41. The zero-order chi connectivity index (χ0) is 42.1. The van der Waals surface area contributed by atoms with Crippen LogP contribution in [0.5, 0.6) is 0 Å². The van der Waals surface area contributed by atoms with Crippen molar-refractivity contribution in [3.05, 3.63) is 224 Å². The Hall–Kier alpha value is -8.67. The van der Waals surface area contributed by atoms with E-state index >= 15 is 0 Å². The molecule has 13 aromatic rings. The Morgan fingerprint density at radius 2 is 0.750 bits per heavy atom. The highest BCUT2D eigenvalue weighted by Gasteiger charge is 2.22. The van der Waals surface area contributed by atoms with E-state index in [4.69, 9.17) is 15.0 Å². The first-order valence-corrected chi connectivity index (χ1v) is 21.7. The molecule has 0 aliphatic rings. The zero-order valence-corrected chi connectivity index (χ0v) is 34.6. The minimum atomic E-state index is 0.616. The van der Waals surface area contributed by atoms with E-state index in [0.717, 1.165) is 66.3 Å². The Labute approximate surface area is 368 Å². The molecule has 10 aromatic carbocycles. The van der Waals surface area contributed by atoms with E-state index < -0.39 is 0 Å². The second-order valence-electron chi connectivity index (χ2n) is 16.5. The molecule has 3 heterocycles. The number of aromatic nitrogens is 5. The van der Waals surface area contributed by atoms with Crippen LogP contribution in [0.4, 0.5) is 0 Å². The zero-order valence-electron chi connectivity index (χ0n) is 34.6.